The molecule has 1 saturated carbocycles. The van der Waals surface area contributed by atoms with Crippen molar-refractivity contribution in [3.05, 3.63) is 60.2 Å². The summed E-state index contributed by atoms with van der Waals surface area (Å²) in [4.78, 5) is 37.8. The molecule has 7 nitrogen and oxygen atoms in total. The molecule has 2 aromatic rings. The molecule has 2 aromatic carbocycles. The van der Waals surface area contributed by atoms with Gasteiger partial charge in [-0.2, -0.15) is 0 Å². The Morgan fingerprint density at radius 3 is 2.43 bits per heavy atom. The Hall–Kier alpha value is -3.35. The molecule has 158 valence electrons. The van der Waals surface area contributed by atoms with Gasteiger partial charge in [-0.1, -0.05) is 49.2 Å². The van der Waals surface area contributed by atoms with Crippen molar-refractivity contribution in [2.45, 2.75) is 32.2 Å². The van der Waals surface area contributed by atoms with E-state index in [-0.39, 0.29) is 30.8 Å². The first-order chi connectivity index (χ1) is 14.5. The van der Waals surface area contributed by atoms with Gasteiger partial charge in [-0.05, 0) is 36.6 Å². The summed E-state index contributed by atoms with van der Waals surface area (Å²) in [5.74, 6) is -0.744. The van der Waals surface area contributed by atoms with Crippen LogP contribution in [0.5, 0.6) is 0 Å². The van der Waals surface area contributed by atoms with Gasteiger partial charge in [0.2, 0.25) is 17.7 Å². The van der Waals surface area contributed by atoms with Crippen LogP contribution in [0.15, 0.2) is 54.6 Å². The van der Waals surface area contributed by atoms with Crippen LogP contribution in [0.4, 0.5) is 11.4 Å². The summed E-state index contributed by atoms with van der Waals surface area (Å²) in [5.41, 5.74) is 7.84. The van der Waals surface area contributed by atoms with E-state index in [0.717, 1.165) is 36.9 Å². The maximum Gasteiger partial charge on any atom is 0.243 e. The van der Waals surface area contributed by atoms with Crippen LogP contribution < -0.4 is 21.3 Å². The molecule has 0 aromatic heterocycles. The summed E-state index contributed by atoms with van der Waals surface area (Å²) in [7, 11) is 0. The highest BCUT2D eigenvalue weighted by Crippen LogP contribution is 2.24. The van der Waals surface area contributed by atoms with Crippen LogP contribution in [0.3, 0.4) is 0 Å². The number of hydrogen-bond donors (Lipinski definition) is 3. The Morgan fingerprint density at radius 1 is 1.00 bits per heavy atom. The lowest BCUT2D eigenvalue weighted by Crippen LogP contribution is -2.36. The molecule has 0 saturated heterocycles. The monoisotopic (exact) mass is 408 g/mol. The Bertz CT molecular complexity index is 879. The molecule has 4 N–H and O–H groups in total. The lowest BCUT2D eigenvalue weighted by molar-refractivity contribution is -0.127. The third kappa shape index (κ3) is 6.34. The predicted octanol–water partition coefficient (Wildman–Crippen LogP) is 2.42. The van der Waals surface area contributed by atoms with Gasteiger partial charge in [-0.3, -0.25) is 14.4 Å². The molecule has 30 heavy (non-hydrogen) atoms. The molecule has 0 heterocycles. The molecule has 0 unspecified atom stereocenters. The minimum absolute atomic E-state index is 0.0291. The van der Waals surface area contributed by atoms with Gasteiger partial charge >= 0.3 is 0 Å². The highest BCUT2D eigenvalue weighted by Gasteiger charge is 2.22. The Balaban J connectivity index is 1.61. The van der Waals surface area contributed by atoms with E-state index in [0.29, 0.717) is 12.2 Å². The van der Waals surface area contributed by atoms with Gasteiger partial charge in [-0.25, -0.2) is 0 Å². The van der Waals surface area contributed by atoms with Gasteiger partial charge in [0.25, 0.3) is 0 Å². The number of benzene rings is 2. The van der Waals surface area contributed by atoms with Gasteiger partial charge < -0.3 is 21.3 Å². The summed E-state index contributed by atoms with van der Waals surface area (Å²) >= 11 is 0. The fraction of sp³-hybridized carbons (Fsp3) is 0.348. The van der Waals surface area contributed by atoms with E-state index >= 15 is 0 Å². The molecule has 1 aliphatic rings. The predicted molar refractivity (Wildman–Crippen MR) is 117 cm³/mol. The van der Waals surface area contributed by atoms with Crippen LogP contribution in [0.25, 0.3) is 0 Å². The van der Waals surface area contributed by atoms with E-state index in [1.165, 1.54) is 0 Å². The van der Waals surface area contributed by atoms with E-state index in [1.807, 2.05) is 41.3 Å². The molecule has 1 aliphatic carbocycles. The first-order valence-electron chi connectivity index (χ1n) is 10.3. The lowest BCUT2D eigenvalue weighted by atomic mass is 10.1. The number of hydrogen-bond acceptors (Lipinski definition) is 4. The molecular formula is C23H28N4O3. The second kappa shape index (κ2) is 10.4. The quantitative estimate of drug-likeness (QED) is 0.593. The topological polar surface area (TPSA) is 105 Å². The molecule has 3 amide bonds. The van der Waals surface area contributed by atoms with E-state index in [4.69, 9.17) is 5.73 Å². The molecule has 0 spiro atoms. The number of nitrogens with two attached hydrogens (primary N) is 1. The summed E-state index contributed by atoms with van der Waals surface area (Å²) < 4.78 is 0. The SMILES string of the molecule is NC(=O)CN(Cc1ccccc1)c1cccc(NC(=O)CNC(=O)C2CCCC2)c1. The second-order valence-corrected chi connectivity index (χ2v) is 7.61. The molecule has 0 bridgehead atoms. The van der Waals surface area contributed by atoms with E-state index in [2.05, 4.69) is 10.6 Å². The van der Waals surface area contributed by atoms with Gasteiger partial charge in [0.15, 0.2) is 0 Å². The van der Waals surface area contributed by atoms with Gasteiger partial charge in [0.1, 0.15) is 0 Å². The van der Waals surface area contributed by atoms with Crippen LogP contribution in [0.2, 0.25) is 0 Å². The van der Waals surface area contributed by atoms with Gasteiger partial charge in [0.05, 0.1) is 13.1 Å². The maximum absolute atomic E-state index is 12.3. The number of rotatable bonds is 9. The van der Waals surface area contributed by atoms with Crippen molar-refractivity contribution >= 4 is 29.1 Å². The highest BCUT2D eigenvalue weighted by atomic mass is 16.2. The van der Waals surface area contributed by atoms with Crippen molar-refractivity contribution in [2.24, 2.45) is 11.7 Å². The molecule has 7 heteroatoms. The first-order valence-corrected chi connectivity index (χ1v) is 10.3. The van der Waals surface area contributed by atoms with Crippen LogP contribution in [-0.4, -0.2) is 30.8 Å². The van der Waals surface area contributed by atoms with Crippen molar-refractivity contribution < 1.29 is 14.4 Å². The molecule has 3 rings (SSSR count). The van der Waals surface area contributed by atoms with Gasteiger partial charge in [0, 0.05) is 23.8 Å². The normalized spacial score (nSPS) is 13.6. The third-order valence-electron chi connectivity index (χ3n) is 5.21. The number of anilines is 2. The van der Waals surface area contributed by atoms with Crippen molar-refractivity contribution in [3.8, 4) is 0 Å². The standard InChI is InChI=1S/C23H28N4O3/c24-21(28)16-27(15-17-7-2-1-3-8-17)20-12-6-11-19(13-20)26-22(29)14-25-23(30)18-9-4-5-10-18/h1-3,6-8,11-13,18H,4-5,9-10,14-16H2,(H2,24,28)(H,25,30)(H,26,29). The van der Waals surface area contributed by atoms with Crippen molar-refractivity contribution in [1.29, 1.82) is 0 Å². The summed E-state index contributed by atoms with van der Waals surface area (Å²) in [6.45, 7) is 0.511. The Kier molecular flexibility index (Phi) is 7.43. The van der Waals surface area contributed by atoms with Crippen molar-refractivity contribution in [1.82, 2.24) is 5.32 Å². The van der Waals surface area contributed by atoms with Crippen molar-refractivity contribution in [3.63, 3.8) is 0 Å². The number of amides is 3. The zero-order valence-electron chi connectivity index (χ0n) is 17.0. The lowest BCUT2D eigenvalue weighted by Gasteiger charge is -2.24. The number of nitrogens with zero attached hydrogens (tertiary/aromatic N) is 1. The smallest absolute Gasteiger partial charge is 0.243 e. The second-order valence-electron chi connectivity index (χ2n) is 7.61. The van der Waals surface area contributed by atoms with Crippen molar-refractivity contribution in [2.75, 3.05) is 23.3 Å². The zero-order valence-corrected chi connectivity index (χ0v) is 17.0. The minimum Gasteiger partial charge on any atom is -0.368 e. The van der Waals surface area contributed by atoms with Crippen LogP contribution in [0, 0.1) is 5.92 Å². The fourth-order valence-corrected chi connectivity index (χ4v) is 3.72. The average molecular weight is 409 g/mol. The summed E-state index contributed by atoms with van der Waals surface area (Å²) in [6, 6.07) is 17.0. The summed E-state index contributed by atoms with van der Waals surface area (Å²) in [6.07, 6.45) is 3.93. The largest absolute Gasteiger partial charge is 0.368 e. The minimum atomic E-state index is -0.435. The number of carbonyl (C=O) groups excluding carboxylic acids is 3. The van der Waals surface area contributed by atoms with Crippen LogP contribution in [-0.2, 0) is 20.9 Å². The van der Waals surface area contributed by atoms with E-state index in [1.54, 1.807) is 18.2 Å². The van der Waals surface area contributed by atoms with Crippen LogP contribution in [0.1, 0.15) is 31.2 Å². The first kappa shape index (κ1) is 21.4. The number of nitrogens with one attached hydrogen (secondary N) is 2. The number of primary amides is 1. The summed E-state index contributed by atoms with van der Waals surface area (Å²) in [5, 5.41) is 5.52. The zero-order chi connectivity index (χ0) is 21.3. The Morgan fingerprint density at radius 2 is 1.73 bits per heavy atom. The highest BCUT2D eigenvalue weighted by molar-refractivity contribution is 5.95. The van der Waals surface area contributed by atoms with E-state index < -0.39 is 5.91 Å². The number of carbonyl (C=O) groups is 3. The molecule has 0 radical (unpaired) electrons. The molecule has 1 fully saturated rings. The molecule has 0 atom stereocenters. The van der Waals surface area contributed by atoms with E-state index in [9.17, 15) is 14.4 Å². The molecular weight excluding hydrogens is 380 g/mol. The maximum atomic E-state index is 12.3. The van der Waals surface area contributed by atoms with Gasteiger partial charge in [-0.15, -0.1) is 0 Å². The molecule has 0 aliphatic heterocycles. The van der Waals surface area contributed by atoms with Crippen LogP contribution >= 0.6 is 0 Å². The average Bonchev–Trinajstić information content (AvgIpc) is 3.27. The Labute approximate surface area is 176 Å². The third-order valence-corrected chi connectivity index (χ3v) is 5.21. The fourth-order valence-electron chi connectivity index (χ4n) is 3.72.